The molecule has 0 aromatic carbocycles. The van der Waals surface area contributed by atoms with Gasteiger partial charge in [-0.3, -0.25) is 4.79 Å². The van der Waals surface area contributed by atoms with Crippen molar-refractivity contribution in [1.82, 2.24) is 5.32 Å². The summed E-state index contributed by atoms with van der Waals surface area (Å²) in [7, 11) is 0. The second kappa shape index (κ2) is 59.9. The molecule has 3 unspecified atom stereocenters. The van der Waals surface area contributed by atoms with Crippen LogP contribution in [0.25, 0.3) is 0 Å². The highest BCUT2D eigenvalue weighted by molar-refractivity contribution is 5.80. The van der Waals surface area contributed by atoms with Crippen LogP contribution in [0, 0.1) is 0 Å². The van der Waals surface area contributed by atoms with Crippen LogP contribution >= 0.6 is 0 Å². The minimum atomic E-state index is -1.11. The van der Waals surface area contributed by atoms with Gasteiger partial charge in [0, 0.05) is 0 Å². The molecular weight excluding hydrogens is 859 g/mol. The zero-order valence-corrected chi connectivity index (χ0v) is 47.2. The van der Waals surface area contributed by atoms with Gasteiger partial charge in [-0.05, 0) is 70.6 Å². The number of carbonyl (C=O) groups excluding carboxylic acids is 1. The molecule has 0 aliphatic carbocycles. The molecule has 0 rings (SSSR count). The van der Waals surface area contributed by atoms with Crippen LogP contribution in [0.2, 0.25) is 0 Å². The van der Waals surface area contributed by atoms with Crippen LogP contribution in [0.3, 0.4) is 0 Å². The average molecular weight is 983 g/mol. The second-order valence-corrected chi connectivity index (χ2v) is 21.6. The summed E-state index contributed by atoms with van der Waals surface area (Å²) in [6.45, 7) is 4.21. The van der Waals surface area contributed by atoms with Crippen molar-refractivity contribution < 1.29 is 20.1 Å². The van der Waals surface area contributed by atoms with Crippen molar-refractivity contribution in [3.8, 4) is 0 Å². The maximum absolute atomic E-state index is 12.6. The fourth-order valence-corrected chi connectivity index (χ4v) is 9.75. The first kappa shape index (κ1) is 68.3. The van der Waals surface area contributed by atoms with Gasteiger partial charge < -0.3 is 20.6 Å². The zero-order chi connectivity index (χ0) is 50.7. The molecule has 0 aliphatic rings. The lowest BCUT2D eigenvalue weighted by Gasteiger charge is -2.21. The van der Waals surface area contributed by atoms with Gasteiger partial charge in [-0.2, -0.15) is 0 Å². The molecule has 0 saturated heterocycles. The number of allylic oxidation sites excluding steroid dienone is 7. The monoisotopic (exact) mass is 982 g/mol. The molecule has 1 amide bonds. The fraction of sp³-hybridized carbons (Fsp3) is 0.862. The van der Waals surface area contributed by atoms with E-state index in [4.69, 9.17) is 0 Å². The number of nitrogens with one attached hydrogen (secondary N) is 1. The summed E-state index contributed by atoms with van der Waals surface area (Å²) in [5.74, 6) is -0.513. The molecule has 0 aromatic heterocycles. The smallest absolute Gasteiger partial charge is 0.249 e. The van der Waals surface area contributed by atoms with Gasteiger partial charge in [0.1, 0.15) is 6.10 Å². The summed E-state index contributed by atoms with van der Waals surface area (Å²) in [5.41, 5.74) is 0. The van der Waals surface area contributed by atoms with Gasteiger partial charge in [0.2, 0.25) is 5.91 Å². The summed E-state index contributed by atoms with van der Waals surface area (Å²) in [6, 6.07) is -0.823. The third-order valence-electron chi connectivity index (χ3n) is 14.6. The highest BCUT2D eigenvalue weighted by Gasteiger charge is 2.22. The summed E-state index contributed by atoms with van der Waals surface area (Å²) in [6.07, 6.45) is 80.8. The minimum absolute atomic E-state index is 0.380. The summed E-state index contributed by atoms with van der Waals surface area (Å²) in [5, 5.41) is 33.4. The number of aliphatic hydroxyl groups is 3. The Labute approximate surface area is 437 Å². The zero-order valence-electron chi connectivity index (χ0n) is 47.2. The SMILES string of the molecule is CCCCCCCCCCCCCC/C=C\CCCCCCCCCCCCCCCCCC(O)C(=O)NC(CO)C(O)/C=C/CC/C=C/CC/C=C/CCCCCCCCCCCCCCCCC. The first-order valence-electron chi connectivity index (χ1n) is 31.5. The maximum atomic E-state index is 12.6. The molecule has 0 saturated carbocycles. The summed E-state index contributed by atoms with van der Waals surface area (Å²) < 4.78 is 0. The van der Waals surface area contributed by atoms with Crippen LogP contribution in [0.5, 0.6) is 0 Å². The standard InChI is InChI=1S/C65H123NO4/c1-3-5-7-9-11-13-15-17-19-21-23-25-27-29-30-31-32-33-34-36-38-40-42-44-46-48-50-52-54-56-58-60-64(69)65(70)66-62(61-67)63(68)59-57-55-53-51-49-47-45-43-41-39-37-35-28-26-24-22-20-18-16-14-12-10-8-6-4-2/h29-30,41,43,49,51,57,59,62-64,67-69H,3-28,31-40,42,44-48,50,52-56,58,60-61H2,1-2H3,(H,66,70)/b30-29-,43-41+,51-49+,59-57+. The van der Waals surface area contributed by atoms with E-state index in [1.807, 2.05) is 6.08 Å². The van der Waals surface area contributed by atoms with Crippen molar-refractivity contribution in [3.63, 3.8) is 0 Å². The number of rotatable bonds is 58. The van der Waals surface area contributed by atoms with E-state index in [9.17, 15) is 20.1 Å². The molecule has 5 nitrogen and oxygen atoms in total. The van der Waals surface area contributed by atoms with Crippen molar-refractivity contribution in [1.29, 1.82) is 0 Å². The van der Waals surface area contributed by atoms with Crippen molar-refractivity contribution in [3.05, 3.63) is 48.6 Å². The molecule has 3 atom stereocenters. The maximum Gasteiger partial charge on any atom is 0.249 e. The van der Waals surface area contributed by atoms with E-state index in [1.54, 1.807) is 6.08 Å². The van der Waals surface area contributed by atoms with Gasteiger partial charge in [0.15, 0.2) is 0 Å². The van der Waals surface area contributed by atoms with Crippen molar-refractivity contribution >= 4 is 5.91 Å². The normalized spacial score (nSPS) is 13.5. The highest BCUT2D eigenvalue weighted by atomic mass is 16.3. The predicted molar refractivity (Wildman–Crippen MR) is 310 cm³/mol. The van der Waals surface area contributed by atoms with E-state index < -0.39 is 24.2 Å². The minimum Gasteiger partial charge on any atom is -0.394 e. The van der Waals surface area contributed by atoms with E-state index in [1.165, 1.54) is 270 Å². The molecule has 5 heteroatoms. The van der Waals surface area contributed by atoms with E-state index in [0.717, 1.165) is 44.9 Å². The lowest BCUT2D eigenvalue weighted by Crippen LogP contribution is -2.48. The summed E-state index contributed by atoms with van der Waals surface area (Å²) in [4.78, 5) is 12.6. The molecule has 0 spiro atoms. The van der Waals surface area contributed by atoms with Crippen molar-refractivity contribution in [2.45, 2.75) is 353 Å². The Morgan fingerprint density at radius 1 is 0.343 bits per heavy atom. The van der Waals surface area contributed by atoms with Gasteiger partial charge in [-0.25, -0.2) is 0 Å². The molecule has 0 heterocycles. The topological polar surface area (TPSA) is 89.8 Å². The van der Waals surface area contributed by atoms with Crippen LogP contribution in [0.1, 0.15) is 335 Å². The molecule has 0 fully saturated rings. The largest absolute Gasteiger partial charge is 0.394 e. The second-order valence-electron chi connectivity index (χ2n) is 21.6. The van der Waals surface area contributed by atoms with Crippen LogP contribution in [0.4, 0.5) is 0 Å². The third kappa shape index (κ3) is 54.1. The number of aliphatic hydroxyl groups excluding tert-OH is 3. The van der Waals surface area contributed by atoms with E-state index in [0.29, 0.717) is 6.42 Å². The third-order valence-corrected chi connectivity index (χ3v) is 14.6. The Kier molecular flexibility index (Phi) is 58.4. The van der Waals surface area contributed by atoms with Crippen molar-refractivity contribution in [2.24, 2.45) is 0 Å². The Morgan fingerprint density at radius 3 is 0.871 bits per heavy atom. The average Bonchev–Trinajstić information content (AvgIpc) is 3.36. The highest BCUT2D eigenvalue weighted by Crippen LogP contribution is 2.18. The van der Waals surface area contributed by atoms with Gasteiger partial charge in [-0.15, -0.1) is 0 Å². The molecule has 0 radical (unpaired) electrons. The Hall–Kier alpha value is -1.69. The molecule has 0 bridgehead atoms. The predicted octanol–water partition coefficient (Wildman–Crippen LogP) is 20.0. The first-order valence-corrected chi connectivity index (χ1v) is 31.5. The van der Waals surface area contributed by atoms with E-state index >= 15 is 0 Å². The van der Waals surface area contributed by atoms with E-state index in [2.05, 4.69) is 55.6 Å². The van der Waals surface area contributed by atoms with Gasteiger partial charge in [-0.1, -0.05) is 313 Å². The van der Waals surface area contributed by atoms with Crippen LogP contribution in [0.15, 0.2) is 48.6 Å². The Bertz CT molecular complexity index is 1130. The Balaban J connectivity index is 3.58. The van der Waals surface area contributed by atoms with Crippen LogP contribution in [-0.2, 0) is 4.79 Å². The molecule has 0 aromatic rings. The van der Waals surface area contributed by atoms with Gasteiger partial charge in [0.25, 0.3) is 0 Å². The van der Waals surface area contributed by atoms with Crippen LogP contribution in [-0.4, -0.2) is 46.1 Å². The Morgan fingerprint density at radius 2 is 0.586 bits per heavy atom. The number of unbranched alkanes of at least 4 members (excludes halogenated alkanes) is 44. The molecule has 4 N–H and O–H groups in total. The molecule has 70 heavy (non-hydrogen) atoms. The number of amides is 1. The molecular formula is C65H123NO4. The first-order chi connectivity index (χ1) is 34.6. The van der Waals surface area contributed by atoms with Crippen molar-refractivity contribution in [2.75, 3.05) is 6.61 Å². The molecule has 412 valence electrons. The lowest BCUT2D eigenvalue weighted by atomic mass is 10.0. The van der Waals surface area contributed by atoms with Gasteiger partial charge >= 0.3 is 0 Å². The number of hydrogen-bond donors (Lipinski definition) is 4. The lowest BCUT2D eigenvalue weighted by molar-refractivity contribution is -0.131. The van der Waals surface area contributed by atoms with E-state index in [-0.39, 0.29) is 6.61 Å². The van der Waals surface area contributed by atoms with Gasteiger partial charge in [0.05, 0.1) is 18.8 Å². The summed E-state index contributed by atoms with van der Waals surface area (Å²) >= 11 is 0. The number of hydrogen-bond acceptors (Lipinski definition) is 4. The quantitative estimate of drug-likeness (QED) is 0.0361. The van der Waals surface area contributed by atoms with Crippen LogP contribution < -0.4 is 5.32 Å². The molecule has 0 aliphatic heterocycles. The number of carbonyl (C=O) groups is 1. The fourth-order valence-electron chi connectivity index (χ4n) is 9.75.